The molecular weight excluding hydrogens is 283 g/mol. The van der Waals surface area contributed by atoms with Gasteiger partial charge in [0, 0.05) is 6.54 Å². The van der Waals surface area contributed by atoms with E-state index in [1.807, 2.05) is 24.3 Å². The summed E-state index contributed by atoms with van der Waals surface area (Å²) in [5.74, 6) is 1.33. The second-order valence-corrected chi connectivity index (χ2v) is 4.95. The average molecular weight is 299 g/mol. The lowest BCUT2D eigenvalue weighted by atomic mass is 10.1. The Labute approximate surface area is 123 Å². The van der Waals surface area contributed by atoms with Gasteiger partial charge in [-0.05, 0) is 37.6 Å². The molecule has 0 radical (unpaired) electrons. The first-order valence-electron chi connectivity index (χ1n) is 6.20. The van der Waals surface area contributed by atoms with Crippen molar-refractivity contribution in [1.82, 2.24) is 15.3 Å². The van der Waals surface area contributed by atoms with E-state index >= 15 is 0 Å². The highest BCUT2D eigenvalue weighted by Crippen LogP contribution is 2.21. The molecule has 0 spiro atoms. The van der Waals surface area contributed by atoms with Crippen LogP contribution in [0.1, 0.15) is 6.42 Å². The number of anilines is 1. The predicted molar refractivity (Wildman–Crippen MR) is 81.3 cm³/mol. The van der Waals surface area contributed by atoms with Gasteiger partial charge in [-0.15, -0.1) is 12.4 Å². The number of nitrogens with one attached hydrogen (secondary N) is 2. The van der Waals surface area contributed by atoms with Crippen LogP contribution >= 0.6 is 24.0 Å². The van der Waals surface area contributed by atoms with Gasteiger partial charge in [0.1, 0.15) is 0 Å². The van der Waals surface area contributed by atoms with Crippen molar-refractivity contribution in [1.29, 1.82) is 0 Å². The summed E-state index contributed by atoms with van der Waals surface area (Å²) in [5, 5.41) is 7.09. The van der Waals surface area contributed by atoms with Crippen molar-refractivity contribution < 1.29 is 0 Å². The third-order valence-corrected chi connectivity index (χ3v) is 3.51. The number of halogens is 2. The van der Waals surface area contributed by atoms with E-state index in [0.717, 1.165) is 30.7 Å². The van der Waals surface area contributed by atoms with E-state index in [0.29, 0.717) is 16.9 Å². The minimum absolute atomic E-state index is 0. The predicted octanol–water partition coefficient (Wildman–Crippen LogP) is 2.73. The number of hydrogen-bond donors (Lipinski definition) is 2. The molecule has 1 aliphatic rings. The Morgan fingerprint density at radius 1 is 1.26 bits per heavy atom. The topological polar surface area (TPSA) is 49.8 Å². The Balaban J connectivity index is 0.00000133. The number of aromatic nitrogens is 2. The Kier molecular flexibility index (Phi) is 4.80. The molecule has 1 aromatic carbocycles. The normalized spacial score (nSPS) is 18.3. The largest absolute Gasteiger partial charge is 0.367 e. The van der Waals surface area contributed by atoms with Gasteiger partial charge in [0.25, 0.3) is 0 Å². The van der Waals surface area contributed by atoms with Crippen molar-refractivity contribution in [2.24, 2.45) is 5.92 Å². The molecule has 102 valence electrons. The van der Waals surface area contributed by atoms with Crippen LogP contribution in [0.25, 0.3) is 11.0 Å². The lowest BCUT2D eigenvalue weighted by Gasteiger charge is -2.11. The van der Waals surface area contributed by atoms with E-state index in [1.165, 1.54) is 6.42 Å². The highest BCUT2D eigenvalue weighted by molar-refractivity contribution is 6.32. The van der Waals surface area contributed by atoms with E-state index in [-0.39, 0.29) is 12.4 Å². The number of hydrogen-bond acceptors (Lipinski definition) is 4. The number of fused-ring (bicyclic) bond motifs is 1. The molecule has 0 bridgehead atoms. The number of para-hydroxylation sites is 2. The number of rotatable bonds is 3. The quantitative estimate of drug-likeness (QED) is 0.915. The van der Waals surface area contributed by atoms with Crippen LogP contribution in [0, 0.1) is 5.92 Å². The Morgan fingerprint density at radius 2 is 2.00 bits per heavy atom. The summed E-state index contributed by atoms with van der Waals surface area (Å²) in [6.45, 7) is 3.05. The summed E-state index contributed by atoms with van der Waals surface area (Å²) in [6.07, 6.45) is 1.20. The van der Waals surface area contributed by atoms with Gasteiger partial charge in [-0.1, -0.05) is 23.7 Å². The lowest BCUT2D eigenvalue weighted by molar-refractivity contribution is 0.614. The molecule has 1 fully saturated rings. The first kappa shape index (κ1) is 14.3. The molecule has 6 heteroatoms. The van der Waals surface area contributed by atoms with Crippen LogP contribution in [0.15, 0.2) is 24.3 Å². The van der Waals surface area contributed by atoms with Crippen molar-refractivity contribution in [3.63, 3.8) is 0 Å². The molecule has 2 aromatic rings. The molecule has 1 aliphatic heterocycles. The van der Waals surface area contributed by atoms with E-state index in [4.69, 9.17) is 11.6 Å². The van der Waals surface area contributed by atoms with Gasteiger partial charge in [0.05, 0.1) is 11.0 Å². The zero-order valence-corrected chi connectivity index (χ0v) is 12.0. The zero-order valence-electron chi connectivity index (χ0n) is 10.4. The third kappa shape index (κ3) is 3.26. The molecule has 0 amide bonds. The van der Waals surface area contributed by atoms with E-state index in [9.17, 15) is 0 Å². The molecule has 3 rings (SSSR count). The van der Waals surface area contributed by atoms with Gasteiger partial charge in [0.15, 0.2) is 11.0 Å². The molecular formula is C13H16Cl2N4. The molecule has 0 saturated carbocycles. The maximum Gasteiger partial charge on any atom is 0.172 e. The molecule has 1 unspecified atom stereocenters. The molecule has 1 atom stereocenters. The standard InChI is InChI=1S/C13H15ClN4.ClH/c14-12-13(16-8-9-5-6-15-7-9)18-11-4-2-1-3-10(11)17-12;/h1-4,9,15H,5-8H2,(H,16,18);1H. The minimum atomic E-state index is 0. The van der Waals surface area contributed by atoms with E-state index < -0.39 is 0 Å². The van der Waals surface area contributed by atoms with Crippen molar-refractivity contribution in [3.05, 3.63) is 29.4 Å². The Bertz CT molecular complexity index is 555. The van der Waals surface area contributed by atoms with Crippen molar-refractivity contribution in [2.75, 3.05) is 25.0 Å². The maximum absolute atomic E-state index is 6.14. The summed E-state index contributed by atoms with van der Waals surface area (Å²) >= 11 is 6.14. The van der Waals surface area contributed by atoms with Crippen molar-refractivity contribution in [3.8, 4) is 0 Å². The molecule has 1 saturated heterocycles. The second-order valence-electron chi connectivity index (χ2n) is 4.59. The van der Waals surface area contributed by atoms with Gasteiger partial charge in [0.2, 0.25) is 0 Å². The fourth-order valence-electron chi connectivity index (χ4n) is 2.22. The van der Waals surface area contributed by atoms with Crippen LogP contribution in [0.2, 0.25) is 5.15 Å². The molecule has 2 heterocycles. The highest BCUT2D eigenvalue weighted by Gasteiger charge is 2.15. The Hall–Kier alpha value is -1.10. The van der Waals surface area contributed by atoms with Crippen LogP contribution in [0.5, 0.6) is 0 Å². The summed E-state index contributed by atoms with van der Waals surface area (Å²) in [5.41, 5.74) is 1.70. The first-order chi connectivity index (χ1) is 8.83. The fraction of sp³-hybridized carbons (Fsp3) is 0.385. The lowest BCUT2D eigenvalue weighted by Crippen LogP contribution is -2.18. The van der Waals surface area contributed by atoms with Crippen molar-refractivity contribution in [2.45, 2.75) is 6.42 Å². The first-order valence-corrected chi connectivity index (χ1v) is 6.57. The van der Waals surface area contributed by atoms with Crippen LogP contribution in [0.3, 0.4) is 0 Å². The zero-order chi connectivity index (χ0) is 12.4. The van der Waals surface area contributed by atoms with Gasteiger partial charge < -0.3 is 10.6 Å². The summed E-state index contributed by atoms with van der Waals surface area (Å²) in [6, 6.07) is 7.75. The van der Waals surface area contributed by atoms with Gasteiger partial charge in [-0.2, -0.15) is 0 Å². The van der Waals surface area contributed by atoms with Crippen LogP contribution in [-0.2, 0) is 0 Å². The smallest absolute Gasteiger partial charge is 0.172 e. The molecule has 1 aromatic heterocycles. The monoisotopic (exact) mass is 298 g/mol. The van der Waals surface area contributed by atoms with Gasteiger partial charge >= 0.3 is 0 Å². The second kappa shape index (κ2) is 6.37. The SMILES string of the molecule is Cl.Clc1nc2ccccc2nc1NCC1CCNC1. The number of benzene rings is 1. The van der Waals surface area contributed by atoms with Gasteiger partial charge in [-0.3, -0.25) is 0 Å². The maximum atomic E-state index is 6.14. The number of nitrogens with zero attached hydrogens (tertiary/aromatic N) is 2. The van der Waals surface area contributed by atoms with E-state index in [2.05, 4.69) is 20.6 Å². The average Bonchev–Trinajstić information content (AvgIpc) is 2.89. The van der Waals surface area contributed by atoms with Crippen LogP contribution < -0.4 is 10.6 Å². The highest BCUT2D eigenvalue weighted by atomic mass is 35.5. The summed E-state index contributed by atoms with van der Waals surface area (Å²) in [7, 11) is 0. The minimum Gasteiger partial charge on any atom is -0.367 e. The summed E-state index contributed by atoms with van der Waals surface area (Å²) < 4.78 is 0. The Morgan fingerprint density at radius 3 is 2.68 bits per heavy atom. The van der Waals surface area contributed by atoms with Crippen molar-refractivity contribution >= 4 is 40.9 Å². The van der Waals surface area contributed by atoms with Crippen LogP contribution in [0.4, 0.5) is 5.82 Å². The van der Waals surface area contributed by atoms with Gasteiger partial charge in [-0.25, -0.2) is 9.97 Å². The fourth-order valence-corrected chi connectivity index (χ4v) is 2.42. The van der Waals surface area contributed by atoms with Crippen LogP contribution in [-0.4, -0.2) is 29.6 Å². The summed E-state index contributed by atoms with van der Waals surface area (Å²) in [4.78, 5) is 8.86. The molecule has 4 nitrogen and oxygen atoms in total. The van der Waals surface area contributed by atoms with E-state index in [1.54, 1.807) is 0 Å². The third-order valence-electron chi connectivity index (χ3n) is 3.25. The molecule has 19 heavy (non-hydrogen) atoms. The molecule has 0 aliphatic carbocycles. The molecule has 2 N–H and O–H groups in total.